The second-order valence-corrected chi connectivity index (χ2v) is 4.53. The molecule has 0 amide bonds. The number of aliphatic carboxylic acids is 1. The summed E-state index contributed by atoms with van der Waals surface area (Å²) in [6, 6.07) is 0. The molecule has 0 heterocycles. The first kappa shape index (κ1) is 17.6. The number of hydrogen-bond donors (Lipinski definition) is 2. The van der Waals surface area contributed by atoms with Crippen molar-refractivity contribution in [2.45, 2.75) is 58.8 Å². The normalized spacial score (nSPS) is 13.8. The molecule has 0 saturated carbocycles. The number of aliphatic hydroxyl groups excluding tert-OH is 1. The number of aliphatic hydroxyl groups is 1. The van der Waals surface area contributed by atoms with E-state index < -0.39 is 5.97 Å². The summed E-state index contributed by atoms with van der Waals surface area (Å²) in [6.45, 7) is 2.81. The number of rotatable bonds is 6. The van der Waals surface area contributed by atoms with Gasteiger partial charge in [0.1, 0.15) is 5.76 Å². The van der Waals surface area contributed by atoms with Gasteiger partial charge in [-0.1, -0.05) is 6.42 Å². The molecule has 2 N–H and O–H groups in total. The van der Waals surface area contributed by atoms with E-state index in [4.69, 9.17) is 19.7 Å². The molecule has 0 aromatic heterocycles. The summed E-state index contributed by atoms with van der Waals surface area (Å²) < 4.78 is 5.17. The molecule has 0 radical (unpaired) electrons. The van der Waals surface area contributed by atoms with Crippen LogP contribution in [0.15, 0.2) is 11.3 Å². The lowest BCUT2D eigenvalue weighted by Crippen LogP contribution is -1.98. The maximum absolute atomic E-state index is 10.8. The van der Waals surface area contributed by atoms with Crippen LogP contribution in [0, 0.1) is 0 Å². The number of carboxylic acids is 1. The second-order valence-electron chi connectivity index (χ2n) is 4.53. The average Bonchev–Trinajstić information content (AvgIpc) is 2.70. The van der Waals surface area contributed by atoms with Gasteiger partial charge in [0.2, 0.25) is 0 Å². The molecule has 5 nitrogen and oxygen atoms in total. The van der Waals surface area contributed by atoms with E-state index in [9.17, 15) is 4.79 Å². The Morgan fingerprint density at radius 3 is 2.32 bits per heavy atom. The van der Waals surface area contributed by atoms with Crippen LogP contribution in [0.2, 0.25) is 0 Å². The monoisotopic (exact) mass is 272 g/mol. The third-order valence-electron chi connectivity index (χ3n) is 2.68. The van der Waals surface area contributed by atoms with E-state index in [1.54, 1.807) is 0 Å². The van der Waals surface area contributed by atoms with Crippen molar-refractivity contribution in [3.8, 4) is 0 Å². The summed E-state index contributed by atoms with van der Waals surface area (Å²) in [5, 5.41) is 16.1. The lowest BCUT2D eigenvalue weighted by Gasteiger charge is -2.06. The smallest absolute Gasteiger partial charge is 0.307 e. The molecule has 0 aliphatic heterocycles. The minimum absolute atomic E-state index is 0.209. The highest BCUT2D eigenvalue weighted by Gasteiger charge is 2.16. The number of carbonyl (C=O) groups is 2. The number of ether oxygens (including phenoxy) is 1. The summed E-state index contributed by atoms with van der Waals surface area (Å²) in [5.74, 6) is -0.133. The van der Waals surface area contributed by atoms with E-state index in [0.29, 0.717) is 0 Å². The first-order valence-electron chi connectivity index (χ1n) is 6.67. The summed E-state index contributed by atoms with van der Waals surface area (Å²) in [6.07, 6.45) is 7.11. The fraction of sp³-hybridized carbons (Fsp3) is 0.714. The number of carboxylic acid groups (broad SMARTS) is 1. The van der Waals surface area contributed by atoms with Gasteiger partial charge in [-0.25, -0.2) is 0 Å². The Labute approximate surface area is 114 Å². The first-order chi connectivity index (χ1) is 8.97. The molecule has 0 atom stereocenters. The Bertz CT molecular complexity index is 316. The number of carbonyl (C=O) groups excluding carboxylic acids is 1. The SMILES string of the molecule is CC(=O)O.CC(=O)OC1=C(CCCCCO)CCC1. The van der Waals surface area contributed by atoms with E-state index in [-0.39, 0.29) is 12.6 Å². The zero-order chi connectivity index (χ0) is 14.7. The van der Waals surface area contributed by atoms with E-state index in [1.807, 2.05) is 0 Å². The maximum atomic E-state index is 10.8. The van der Waals surface area contributed by atoms with Crippen LogP contribution in [0.5, 0.6) is 0 Å². The first-order valence-corrected chi connectivity index (χ1v) is 6.67. The van der Waals surface area contributed by atoms with Gasteiger partial charge in [-0.15, -0.1) is 0 Å². The van der Waals surface area contributed by atoms with Crippen LogP contribution in [-0.4, -0.2) is 28.8 Å². The molecule has 0 saturated heterocycles. The number of allylic oxidation sites excluding steroid dienone is 2. The van der Waals surface area contributed by atoms with Gasteiger partial charge in [-0.05, 0) is 37.7 Å². The molecule has 0 unspecified atom stereocenters. The van der Waals surface area contributed by atoms with Gasteiger partial charge in [-0.2, -0.15) is 0 Å². The van der Waals surface area contributed by atoms with Crippen molar-refractivity contribution in [3.63, 3.8) is 0 Å². The summed E-state index contributed by atoms with van der Waals surface area (Å²) in [5.41, 5.74) is 1.31. The summed E-state index contributed by atoms with van der Waals surface area (Å²) in [7, 11) is 0. The largest absolute Gasteiger partial charge is 0.481 e. The van der Waals surface area contributed by atoms with Crippen LogP contribution >= 0.6 is 0 Å². The van der Waals surface area contributed by atoms with Gasteiger partial charge in [-0.3, -0.25) is 9.59 Å². The van der Waals surface area contributed by atoms with Crippen molar-refractivity contribution in [2.75, 3.05) is 6.61 Å². The molecule has 0 spiro atoms. The molecule has 1 rings (SSSR count). The van der Waals surface area contributed by atoms with Gasteiger partial charge in [0.05, 0.1) is 0 Å². The van der Waals surface area contributed by atoms with Crippen molar-refractivity contribution < 1.29 is 24.5 Å². The molecule has 19 heavy (non-hydrogen) atoms. The van der Waals surface area contributed by atoms with Gasteiger partial charge in [0.15, 0.2) is 0 Å². The van der Waals surface area contributed by atoms with Gasteiger partial charge in [0, 0.05) is 26.9 Å². The highest BCUT2D eigenvalue weighted by atomic mass is 16.5. The van der Waals surface area contributed by atoms with Crippen LogP contribution in [0.25, 0.3) is 0 Å². The predicted octanol–water partition coefficient (Wildman–Crippen LogP) is 2.63. The van der Waals surface area contributed by atoms with E-state index in [1.165, 1.54) is 12.5 Å². The van der Waals surface area contributed by atoms with Crippen molar-refractivity contribution >= 4 is 11.9 Å². The van der Waals surface area contributed by atoms with E-state index >= 15 is 0 Å². The van der Waals surface area contributed by atoms with Crippen LogP contribution < -0.4 is 0 Å². The molecule has 1 aliphatic rings. The molecule has 0 bridgehead atoms. The zero-order valence-electron chi connectivity index (χ0n) is 11.8. The third-order valence-corrected chi connectivity index (χ3v) is 2.68. The van der Waals surface area contributed by atoms with E-state index in [0.717, 1.165) is 57.6 Å². The molecule has 0 aromatic rings. The molecular weight excluding hydrogens is 248 g/mol. The number of esters is 1. The van der Waals surface area contributed by atoms with Crippen molar-refractivity contribution in [3.05, 3.63) is 11.3 Å². The van der Waals surface area contributed by atoms with Crippen molar-refractivity contribution in [2.24, 2.45) is 0 Å². The Morgan fingerprint density at radius 1 is 1.16 bits per heavy atom. The molecule has 1 aliphatic carbocycles. The van der Waals surface area contributed by atoms with E-state index in [2.05, 4.69) is 0 Å². The molecule has 0 fully saturated rings. The van der Waals surface area contributed by atoms with Gasteiger partial charge < -0.3 is 14.9 Å². The topological polar surface area (TPSA) is 83.8 Å². The second kappa shape index (κ2) is 10.6. The number of hydrogen-bond acceptors (Lipinski definition) is 4. The fourth-order valence-electron chi connectivity index (χ4n) is 1.97. The minimum Gasteiger partial charge on any atom is -0.481 e. The average molecular weight is 272 g/mol. The summed E-state index contributed by atoms with van der Waals surface area (Å²) in [4.78, 5) is 19.8. The maximum Gasteiger partial charge on any atom is 0.307 e. The standard InChI is InChI=1S/C12H20O3.C2H4O2/c1-10(14)15-12-8-5-7-11(12)6-3-2-4-9-13;1-2(3)4/h13H,2-9H2,1H3;1H3,(H,3,4). The lowest BCUT2D eigenvalue weighted by molar-refractivity contribution is -0.137. The Balaban J connectivity index is 0.000000711. The van der Waals surface area contributed by atoms with Gasteiger partial charge in [0.25, 0.3) is 5.97 Å². The predicted molar refractivity (Wildman–Crippen MR) is 71.5 cm³/mol. The van der Waals surface area contributed by atoms with Crippen LogP contribution in [0.4, 0.5) is 0 Å². The molecular formula is C14H24O5. The Kier molecular flexibility index (Phi) is 9.80. The van der Waals surface area contributed by atoms with Crippen LogP contribution in [-0.2, 0) is 14.3 Å². The number of unbranched alkanes of at least 4 members (excludes halogenated alkanes) is 2. The molecule has 110 valence electrons. The molecule has 0 aromatic carbocycles. The van der Waals surface area contributed by atoms with Crippen molar-refractivity contribution in [1.82, 2.24) is 0 Å². The van der Waals surface area contributed by atoms with Crippen molar-refractivity contribution in [1.29, 1.82) is 0 Å². The fourth-order valence-corrected chi connectivity index (χ4v) is 1.97. The third kappa shape index (κ3) is 10.3. The highest BCUT2D eigenvalue weighted by molar-refractivity contribution is 5.67. The quantitative estimate of drug-likeness (QED) is 0.573. The van der Waals surface area contributed by atoms with Gasteiger partial charge >= 0.3 is 5.97 Å². The minimum atomic E-state index is -0.833. The Morgan fingerprint density at radius 2 is 1.79 bits per heavy atom. The molecule has 5 heteroatoms. The zero-order valence-corrected chi connectivity index (χ0v) is 11.8. The lowest BCUT2D eigenvalue weighted by atomic mass is 10.1. The highest BCUT2D eigenvalue weighted by Crippen LogP contribution is 2.30. The van der Waals surface area contributed by atoms with Crippen LogP contribution in [0.1, 0.15) is 58.8 Å². The summed E-state index contributed by atoms with van der Waals surface area (Å²) >= 11 is 0. The van der Waals surface area contributed by atoms with Crippen LogP contribution in [0.3, 0.4) is 0 Å². The Hall–Kier alpha value is -1.36.